The number of non-ortho nitro benzene ring substituents is 1. The van der Waals surface area contributed by atoms with Crippen LogP contribution in [0.2, 0.25) is 0 Å². The minimum Gasteiger partial charge on any atom is -1.00 e. The van der Waals surface area contributed by atoms with Gasteiger partial charge in [0, 0.05) is 23.8 Å². The molecule has 2 aliphatic rings. The van der Waals surface area contributed by atoms with E-state index in [1.54, 1.807) is 29.3 Å². The van der Waals surface area contributed by atoms with Crippen molar-refractivity contribution >= 4 is 11.6 Å². The molecule has 162 valence electrons. The van der Waals surface area contributed by atoms with Gasteiger partial charge in [0.15, 0.2) is 0 Å². The molecule has 0 radical (unpaired) electrons. The second-order valence-corrected chi connectivity index (χ2v) is 7.00. The lowest BCUT2D eigenvalue weighted by molar-refractivity contribution is -0.685. The van der Waals surface area contributed by atoms with Crippen LogP contribution in [0.3, 0.4) is 0 Å². The lowest BCUT2D eigenvalue weighted by atomic mass is 10.0. The Kier molecular flexibility index (Phi) is 7.29. The Balaban J connectivity index is 0.00000289. The number of halogens is 1. The molecule has 0 spiro atoms. The Bertz CT molecular complexity index is 1180. The van der Waals surface area contributed by atoms with Crippen molar-refractivity contribution in [1.82, 2.24) is 4.98 Å². The molecule has 0 saturated heterocycles. The predicted octanol–water partition coefficient (Wildman–Crippen LogP) is 0.625. The summed E-state index contributed by atoms with van der Waals surface area (Å²) in [7, 11) is 0. The molecule has 0 fully saturated rings. The molecule has 1 atom stereocenters. The van der Waals surface area contributed by atoms with E-state index in [0.717, 1.165) is 0 Å². The molecule has 2 heterocycles. The predicted molar refractivity (Wildman–Crippen MR) is 118 cm³/mol. The summed E-state index contributed by atoms with van der Waals surface area (Å²) in [6, 6.07) is 7.87. The third-order valence-electron chi connectivity index (χ3n) is 4.96. The van der Waals surface area contributed by atoms with Crippen LogP contribution in [0.25, 0.3) is 0 Å². The van der Waals surface area contributed by atoms with E-state index in [2.05, 4.69) is 4.98 Å². The van der Waals surface area contributed by atoms with Crippen LogP contribution >= 0.6 is 0 Å². The first-order chi connectivity index (χ1) is 15.1. The standard InChI is InChI=1S/C24H21N4O3.BrH/c29-24(20-12-10-15-22(18-20)28(30)31)19-26-17-11-16-25-23(26)27(24)21-13-8-6-4-2-1-3-5-7-9-14-21;/h1-18,29H,19H2;1H/q+1;/p-1. The van der Waals surface area contributed by atoms with E-state index in [4.69, 9.17) is 0 Å². The minimum absolute atomic E-state index is 0. The summed E-state index contributed by atoms with van der Waals surface area (Å²) in [4.78, 5) is 17.0. The largest absolute Gasteiger partial charge is 1.00 e. The van der Waals surface area contributed by atoms with Crippen molar-refractivity contribution < 1.29 is 31.6 Å². The van der Waals surface area contributed by atoms with E-state index in [0.29, 0.717) is 17.2 Å². The summed E-state index contributed by atoms with van der Waals surface area (Å²) >= 11 is 0. The van der Waals surface area contributed by atoms with Crippen molar-refractivity contribution in [3.8, 4) is 0 Å². The number of nitro groups is 1. The Hall–Kier alpha value is -3.62. The quantitative estimate of drug-likeness (QED) is 0.386. The lowest BCUT2D eigenvalue weighted by Crippen LogP contribution is -3.00. The van der Waals surface area contributed by atoms with Gasteiger partial charge in [-0.25, -0.2) is 4.57 Å². The highest BCUT2D eigenvalue weighted by molar-refractivity contribution is 5.52. The maximum Gasteiger partial charge on any atom is 0.401 e. The molecule has 4 rings (SSSR count). The van der Waals surface area contributed by atoms with E-state index < -0.39 is 10.6 Å². The van der Waals surface area contributed by atoms with Gasteiger partial charge < -0.3 is 22.1 Å². The smallest absolute Gasteiger partial charge is 0.401 e. The van der Waals surface area contributed by atoms with Gasteiger partial charge in [-0.05, 0) is 12.2 Å². The SMILES string of the molecule is O=[N+]([O-])c1cccc(C2(O)C[n+]3cccnc3N2C2=CC=CC=CC=CC=CC=C2)c1.[Br-]. The molecule has 1 aliphatic carbocycles. The van der Waals surface area contributed by atoms with Crippen LogP contribution in [-0.4, -0.2) is 15.0 Å². The van der Waals surface area contributed by atoms with Gasteiger partial charge in [0.25, 0.3) is 5.69 Å². The van der Waals surface area contributed by atoms with Gasteiger partial charge in [-0.1, -0.05) is 71.8 Å². The van der Waals surface area contributed by atoms with Crippen LogP contribution in [0.15, 0.2) is 115 Å². The fraction of sp³-hybridized carbons (Fsp3) is 0.0833. The highest BCUT2D eigenvalue weighted by Gasteiger charge is 2.53. The average Bonchev–Trinajstić information content (AvgIpc) is 3.07. The van der Waals surface area contributed by atoms with Gasteiger partial charge in [0.05, 0.1) is 11.1 Å². The number of anilines is 1. The number of nitrogens with zero attached hydrogens (tertiary/aromatic N) is 4. The van der Waals surface area contributed by atoms with Crippen LogP contribution in [0.4, 0.5) is 11.6 Å². The summed E-state index contributed by atoms with van der Waals surface area (Å²) in [6.45, 7) is 0.171. The molecule has 0 amide bonds. The summed E-state index contributed by atoms with van der Waals surface area (Å²) in [5, 5.41) is 23.2. The number of fused-ring (bicyclic) bond motifs is 1. The lowest BCUT2D eigenvalue weighted by Gasteiger charge is -2.28. The van der Waals surface area contributed by atoms with Crippen molar-refractivity contribution in [2.24, 2.45) is 0 Å². The zero-order valence-electron chi connectivity index (χ0n) is 17.0. The number of nitro benzene ring substituents is 1. The van der Waals surface area contributed by atoms with Crippen LogP contribution in [0, 0.1) is 10.1 Å². The second kappa shape index (κ2) is 10.1. The van der Waals surface area contributed by atoms with E-state index in [1.807, 2.05) is 77.6 Å². The first-order valence-electron chi connectivity index (χ1n) is 9.77. The Labute approximate surface area is 196 Å². The fourth-order valence-corrected chi connectivity index (χ4v) is 3.56. The third-order valence-corrected chi connectivity index (χ3v) is 4.96. The van der Waals surface area contributed by atoms with Gasteiger partial charge in [-0.2, -0.15) is 4.90 Å². The molecule has 8 heteroatoms. The maximum absolute atomic E-state index is 11.9. The molecule has 1 N–H and O–H groups in total. The Morgan fingerprint density at radius 1 is 1.03 bits per heavy atom. The van der Waals surface area contributed by atoms with Crippen LogP contribution in [-0.2, 0) is 12.3 Å². The highest BCUT2D eigenvalue weighted by atomic mass is 79.9. The number of aliphatic hydroxyl groups is 1. The Morgan fingerprint density at radius 2 is 1.72 bits per heavy atom. The van der Waals surface area contributed by atoms with Crippen LogP contribution in [0.5, 0.6) is 0 Å². The molecule has 1 aromatic heterocycles. The number of hydrogen-bond acceptors (Lipinski definition) is 5. The summed E-state index contributed by atoms with van der Waals surface area (Å²) in [5.41, 5.74) is -0.552. The zero-order chi connectivity index (χ0) is 21.7. The van der Waals surface area contributed by atoms with Gasteiger partial charge in [0.1, 0.15) is 18.4 Å². The summed E-state index contributed by atoms with van der Waals surface area (Å²) in [5.74, 6) is 0.535. The molecule has 1 unspecified atom stereocenters. The van der Waals surface area contributed by atoms with Gasteiger partial charge >= 0.3 is 5.95 Å². The topological polar surface area (TPSA) is 83.4 Å². The van der Waals surface area contributed by atoms with Gasteiger partial charge in [-0.3, -0.25) is 10.1 Å². The molecule has 32 heavy (non-hydrogen) atoms. The van der Waals surface area contributed by atoms with Crippen LogP contribution < -0.4 is 26.4 Å². The minimum atomic E-state index is -1.56. The van der Waals surface area contributed by atoms with Crippen molar-refractivity contribution in [3.63, 3.8) is 0 Å². The maximum atomic E-state index is 11.9. The van der Waals surface area contributed by atoms with Crippen LogP contribution in [0.1, 0.15) is 5.56 Å². The Morgan fingerprint density at radius 3 is 2.44 bits per heavy atom. The molecule has 1 aromatic carbocycles. The second-order valence-electron chi connectivity index (χ2n) is 7.00. The van der Waals surface area contributed by atoms with E-state index in [-0.39, 0.29) is 29.2 Å². The van der Waals surface area contributed by atoms with E-state index in [9.17, 15) is 15.2 Å². The zero-order valence-corrected chi connectivity index (χ0v) is 18.6. The van der Waals surface area contributed by atoms with Crippen molar-refractivity contribution in [2.75, 3.05) is 4.90 Å². The first kappa shape index (κ1) is 23.1. The number of allylic oxidation sites excluding steroid dienone is 11. The van der Waals surface area contributed by atoms with Crippen molar-refractivity contribution in [3.05, 3.63) is 131 Å². The monoisotopic (exact) mass is 492 g/mol. The third kappa shape index (κ3) is 4.66. The summed E-state index contributed by atoms with van der Waals surface area (Å²) in [6.07, 6.45) is 24.3. The molecule has 0 saturated carbocycles. The molecule has 7 nitrogen and oxygen atoms in total. The van der Waals surface area contributed by atoms with Crippen molar-refractivity contribution in [1.29, 1.82) is 0 Å². The van der Waals surface area contributed by atoms with Crippen molar-refractivity contribution in [2.45, 2.75) is 12.3 Å². The summed E-state index contributed by atoms with van der Waals surface area (Å²) < 4.78 is 1.83. The number of benzene rings is 1. The molecule has 2 aromatic rings. The van der Waals surface area contributed by atoms with E-state index >= 15 is 0 Å². The number of hydrogen-bond donors (Lipinski definition) is 1. The first-order valence-corrected chi connectivity index (χ1v) is 9.77. The number of rotatable bonds is 3. The normalized spacial score (nSPS) is 19.5. The fourth-order valence-electron chi connectivity index (χ4n) is 3.56. The molecular formula is C24H21BrN4O3. The van der Waals surface area contributed by atoms with Gasteiger partial charge in [-0.15, -0.1) is 0 Å². The molecule has 0 bridgehead atoms. The highest BCUT2D eigenvalue weighted by Crippen LogP contribution is 2.38. The average molecular weight is 493 g/mol. The molecular weight excluding hydrogens is 472 g/mol. The molecule has 1 aliphatic heterocycles. The van der Waals surface area contributed by atoms with Gasteiger partial charge in [0.2, 0.25) is 5.72 Å². The number of aromatic nitrogens is 2. The van der Waals surface area contributed by atoms with E-state index in [1.165, 1.54) is 12.1 Å².